The summed E-state index contributed by atoms with van der Waals surface area (Å²) in [5, 5.41) is 0. The van der Waals surface area contributed by atoms with E-state index in [9.17, 15) is 0 Å². The first-order chi connectivity index (χ1) is 6.45. The summed E-state index contributed by atoms with van der Waals surface area (Å²) >= 11 is -0.499. The number of rotatable bonds is 3. The molecular formula is C12H14Cl2Hf. The molecule has 0 N–H and O–H groups in total. The minimum Gasteiger partial charge on any atom is -0.147 e. The summed E-state index contributed by atoms with van der Waals surface area (Å²) in [6.07, 6.45) is 8.04. The zero-order valence-corrected chi connectivity index (χ0v) is 13.6. The third-order valence-electron chi connectivity index (χ3n) is 2.13. The van der Waals surface area contributed by atoms with Gasteiger partial charge in [0.05, 0.1) is 0 Å². The zero-order chi connectivity index (χ0) is 8.93. The van der Waals surface area contributed by atoms with Gasteiger partial charge in [-0.3, -0.25) is 0 Å². The Morgan fingerprint density at radius 2 is 1.80 bits per heavy atom. The van der Waals surface area contributed by atoms with Crippen molar-refractivity contribution in [2.24, 2.45) is 0 Å². The quantitative estimate of drug-likeness (QED) is 0.666. The SMILES string of the molecule is C1=CC[C]([Hf][CH2]c2ccccc2)=C1.Cl.Cl. The van der Waals surface area contributed by atoms with E-state index in [0.29, 0.717) is 0 Å². The summed E-state index contributed by atoms with van der Waals surface area (Å²) < 4.78 is 3.12. The second-order valence-corrected chi connectivity index (χ2v) is 8.01. The average Bonchev–Trinajstić information content (AvgIpc) is 2.69. The molecule has 2 rings (SSSR count). The van der Waals surface area contributed by atoms with Crippen LogP contribution in [0.1, 0.15) is 12.0 Å². The van der Waals surface area contributed by atoms with Crippen molar-refractivity contribution in [3.63, 3.8) is 0 Å². The van der Waals surface area contributed by atoms with Crippen molar-refractivity contribution in [3.8, 4) is 0 Å². The predicted molar refractivity (Wildman–Crippen MR) is 66.5 cm³/mol. The van der Waals surface area contributed by atoms with Crippen molar-refractivity contribution < 1.29 is 22.9 Å². The van der Waals surface area contributed by atoms with Crippen LogP contribution >= 0.6 is 24.8 Å². The van der Waals surface area contributed by atoms with E-state index in [-0.39, 0.29) is 24.8 Å². The summed E-state index contributed by atoms with van der Waals surface area (Å²) in [5.41, 5.74) is 1.53. The minimum atomic E-state index is -0.499. The van der Waals surface area contributed by atoms with Gasteiger partial charge in [0.25, 0.3) is 0 Å². The Kier molecular flexibility index (Phi) is 8.40. The maximum absolute atomic E-state index is 2.33. The molecule has 1 aliphatic carbocycles. The standard InChI is InChI=1S/C7H7.C5H5.2ClH.Hf/c1-7-5-3-2-4-6-7;1-2-4-5-3-1;;;/h2-6H,1H2;1-3H,4H2;2*1H;. The fourth-order valence-electron chi connectivity index (χ4n) is 1.39. The molecular weight excluding hydrogens is 394 g/mol. The number of benzene rings is 1. The average molecular weight is 408 g/mol. The molecule has 1 aromatic carbocycles. The second-order valence-electron chi connectivity index (χ2n) is 3.16. The van der Waals surface area contributed by atoms with Crippen LogP contribution < -0.4 is 0 Å². The first-order valence-electron chi connectivity index (χ1n) is 4.58. The van der Waals surface area contributed by atoms with Crippen LogP contribution in [0.5, 0.6) is 0 Å². The first-order valence-corrected chi connectivity index (χ1v) is 8.92. The van der Waals surface area contributed by atoms with Crippen molar-refractivity contribution in [3.05, 3.63) is 57.5 Å². The van der Waals surface area contributed by atoms with Crippen LogP contribution in [0.4, 0.5) is 0 Å². The number of hydrogen-bond donors (Lipinski definition) is 0. The van der Waals surface area contributed by atoms with E-state index in [1.54, 1.807) is 3.33 Å². The van der Waals surface area contributed by atoms with Crippen molar-refractivity contribution >= 4 is 24.8 Å². The summed E-state index contributed by atoms with van der Waals surface area (Å²) in [5.74, 6) is 0. The Morgan fingerprint density at radius 1 is 1.07 bits per heavy atom. The molecule has 15 heavy (non-hydrogen) atoms. The Bertz CT molecular complexity index is 331. The van der Waals surface area contributed by atoms with Crippen LogP contribution in [-0.2, 0) is 27.1 Å². The van der Waals surface area contributed by atoms with Gasteiger partial charge in [-0.2, -0.15) is 0 Å². The molecule has 0 aromatic heterocycles. The van der Waals surface area contributed by atoms with Gasteiger partial charge in [0.1, 0.15) is 0 Å². The molecule has 0 radical (unpaired) electrons. The third kappa shape index (κ3) is 5.14. The summed E-state index contributed by atoms with van der Waals surface area (Å²) in [6.45, 7) is 0. The Morgan fingerprint density at radius 3 is 2.40 bits per heavy atom. The maximum atomic E-state index is 2.33. The molecule has 0 atom stereocenters. The van der Waals surface area contributed by atoms with Gasteiger partial charge in [0.15, 0.2) is 0 Å². The molecule has 0 nitrogen and oxygen atoms in total. The monoisotopic (exact) mass is 408 g/mol. The number of halogens is 2. The van der Waals surface area contributed by atoms with Gasteiger partial charge in [-0.05, 0) is 0 Å². The zero-order valence-electron chi connectivity index (χ0n) is 8.35. The molecule has 0 bridgehead atoms. The number of allylic oxidation sites excluding steroid dienone is 4. The molecule has 0 spiro atoms. The van der Waals surface area contributed by atoms with Crippen LogP contribution in [0, 0.1) is 0 Å². The predicted octanol–water partition coefficient (Wildman–Crippen LogP) is 3.96. The third-order valence-corrected chi connectivity index (χ3v) is 7.20. The summed E-state index contributed by atoms with van der Waals surface area (Å²) in [6, 6.07) is 10.9. The van der Waals surface area contributed by atoms with E-state index in [1.807, 2.05) is 0 Å². The van der Waals surface area contributed by atoms with Gasteiger partial charge >= 0.3 is 91.0 Å². The van der Waals surface area contributed by atoms with Crippen LogP contribution in [-0.4, -0.2) is 0 Å². The molecule has 0 saturated carbocycles. The number of hydrogen-bond acceptors (Lipinski definition) is 0. The van der Waals surface area contributed by atoms with Gasteiger partial charge in [-0.15, -0.1) is 24.8 Å². The Balaban J connectivity index is 0.000000980. The van der Waals surface area contributed by atoms with Crippen molar-refractivity contribution in [1.82, 2.24) is 0 Å². The minimum absolute atomic E-state index is 0. The Hall–Kier alpha value is 0.150. The van der Waals surface area contributed by atoms with Gasteiger partial charge in [-0.25, -0.2) is 0 Å². The molecule has 1 aliphatic rings. The van der Waals surface area contributed by atoms with E-state index in [0.717, 1.165) is 0 Å². The molecule has 0 fully saturated rings. The van der Waals surface area contributed by atoms with E-state index in [1.165, 1.54) is 16.2 Å². The normalized spacial score (nSPS) is 12.4. The van der Waals surface area contributed by atoms with Gasteiger partial charge in [0.2, 0.25) is 0 Å². The Labute approximate surface area is 115 Å². The van der Waals surface area contributed by atoms with E-state index < -0.39 is 22.9 Å². The molecule has 0 unspecified atom stereocenters. The topological polar surface area (TPSA) is 0 Å². The molecule has 0 amide bonds. The molecule has 0 heterocycles. The maximum Gasteiger partial charge on any atom is -0.147 e. The molecule has 3 heteroatoms. The van der Waals surface area contributed by atoms with Crippen molar-refractivity contribution in [2.75, 3.05) is 0 Å². The second kappa shape index (κ2) is 8.32. The molecule has 0 aliphatic heterocycles. The van der Waals surface area contributed by atoms with E-state index >= 15 is 0 Å². The molecule has 0 saturated heterocycles. The van der Waals surface area contributed by atoms with Crippen LogP contribution in [0.2, 0.25) is 0 Å². The summed E-state index contributed by atoms with van der Waals surface area (Å²) in [7, 11) is 0. The van der Waals surface area contributed by atoms with Gasteiger partial charge in [0, 0.05) is 0 Å². The first kappa shape index (κ1) is 15.2. The van der Waals surface area contributed by atoms with Gasteiger partial charge in [-0.1, -0.05) is 0 Å². The largest absolute Gasteiger partial charge is 0.147 e. The van der Waals surface area contributed by atoms with Crippen LogP contribution in [0.15, 0.2) is 51.9 Å². The van der Waals surface area contributed by atoms with Crippen molar-refractivity contribution in [2.45, 2.75) is 10.6 Å². The fraction of sp³-hybridized carbons (Fsp3) is 0.167. The van der Waals surface area contributed by atoms with Crippen LogP contribution in [0.3, 0.4) is 0 Å². The smallest absolute Gasteiger partial charge is 0.147 e. The van der Waals surface area contributed by atoms with Crippen LogP contribution in [0.25, 0.3) is 0 Å². The van der Waals surface area contributed by atoms with Crippen molar-refractivity contribution in [1.29, 1.82) is 0 Å². The molecule has 80 valence electrons. The fourth-order valence-corrected chi connectivity index (χ4v) is 5.50. The van der Waals surface area contributed by atoms with E-state index in [2.05, 4.69) is 48.6 Å². The van der Waals surface area contributed by atoms with E-state index in [4.69, 9.17) is 0 Å². The van der Waals surface area contributed by atoms with Gasteiger partial charge < -0.3 is 0 Å². The summed E-state index contributed by atoms with van der Waals surface area (Å²) in [4.78, 5) is 0. The molecule has 1 aromatic rings.